The minimum atomic E-state index is -3.82. The molecule has 1 unspecified atom stereocenters. The first kappa shape index (κ1) is 29.6. The van der Waals surface area contributed by atoms with E-state index in [2.05, 4.69) is 27.9 Å². The third-order valence-corrected chi connectivity index (χ3v) is 7.74. The summed E-state index contributed by atoms with van der Waals surface area (Å²) in [7, 11) is -3.82. The first-order chi connectivity index (χ1) is 18.1. The molecule has 38 heavy (non-hydrogen) atoms. The molecule has 0 spiro atoms. The van der Waals surface area contributed by atoms with E-state index in [0.717, 1.165) is 19.7 Å². The Balaban J connectivity index is 2.02. The van der Waals surface area contributed by atoms with Crippen LogP contribution in [0.3, 0.4) is 0 Å². The molecule has 0 aliphatic heterocycles. The van der Waals surface area contributed by atoms with Gasteiger partial charge in [0, 0.05) is 23.1 Å². The van der Waals surface area contributed by atoms with Crippen molar-refractivity contribution in [3.05, 3.63) is 99.4 Å². The summed E-state index contributed by atoms with van der Waals surface area (Å²) in [5, 5.41) is 2.88. The number of hydrogen-bond donors (Lipinski definition) is 1. The normalized spacial score (nSPS) is 12.0. The van der Waals surface area contributed by atoms with Crippen molar-refractivity contribution in [1.29, 1.82) is 0 Å². The van der Waals surface area contributed by atoms with Crippen LogP contribution in [0.25, 0.3) is 0 Å². The fraction of sp³-hybridized carbons (Fsp3) is 0.286. The van der Waals surface area contributed by atoms with Gasteiger partial charge in [-0.2, -0.15) is 0 Å². The Morgan fingerprint density at radius 3 is 2.16 bits per heavy atom. The number of anilines is 1. The summed E-state index contributed by atoms with van der Waals surface area (Å²) in [5.41, 5.74) is 1.80. The minimum Gasteiger partial charge on any atom is -0.354 e. The molecule has 10 heteroatoms. The maximum atomic E-state index is 13.9. The van der Waals surface area contributed by atoms with Gasteiger partial charge in [0.05, 0.1) is 11.9 Å². The summed E-state index contributed by atoms with van der Waals surface area (Å²) >= 11 is 2.11. The number of amides is 2. The Morgan fingerprint density at radius 2 is 1.58 bits per heavy atom. The van der Waals surface area contributed by atoms with Gasteiger partial charge >= 0.3 is 0 Å². The third-order valence-electron chi connectivity index (χ3n) is 5.88. The van der Waals surface area contributed by atoms with E-state index >= 15 is 0 Å². The van der Waals surface area contributed by atoms with Crippen molar-refractivity contribution < 1.29 is 22.4 Å². The number of rotatable bonds is 12. The molecule has 3 rings (SSSR count). The number of nitrogens with zero attached hydrogens (tertiary/aromatic N) is 2. The molecule has 0 heterocycles. The van der Waals surface area contributed by atoms with Crippen molar-refractivity contribution in [2.45, 2.75) is 32.4 Å². The molecule has 7 nitrogen and oxygen atoms in total. The first-order valence-electron chi connectivity index (χ1n) is 12.2. The minimum absolute atomic E-state index is 0.000445. The topological polar surface area (TPSA) is 86.8 Å². The molecule has 0 radical (unpaired) electrons. The molecule has 202 valence electrons. The van der Waals surface area contributed by atoms with Gasteiger partial charge in [-0.3, -0.25) is 13.9 Å². The molecule has 1 N–H and O–H groups in total. The Bertz CT molecular complexity index is 1320. The number of nitrogens with one attached hydrogen (secondary N) is 1. The van der Waals surface area contributed by atoms with E-state index in [0.29, 0.717) is 24.2 Å². The highest BCUT2D eigenvalue weighted by atomic mass is 127. The highest BCUT2D eigenvalue weighted by Gasteiger charge is 2.32. The van der Waals surface area contributed by atoms with Crippen LogP contribution in [-0.4, -0.2) is 50.5 Å². The molecule has 0 aliphatic carbocycles. The second-order valence-corrected chi connectivity index (χ2v) is 12.0. The molecule has 3 aromatic carbocycles. The van der Waals surface area contributed by atoms with Crippen LogP contribution in [0, 0.1) is 9.39 Å². The Hall–Kier alpha value is -2.99. The van der Waals surface area contributed by atoms with E-state index in [-0.39, 0.29) is 18.9 Å². The highest BCUT2D eigenvalue weighted by molar-refractivity contribution is 14.1. The van der Waals surface area contributed by atoms with E-state index in [1.165, 1.54) is 17.0 Å². The zero-order chi connectivity index (χ0) is 27.7. The third kappa shape index (κ3) is 8.52. The lowest BCUT2D eigenvalue weighted by Crippen LogP contribution is -2.53. The van der Waals surface area contributed by atoms with Gasteiger partial charge in [-0.25, -0.2) is 12.8 Å². The number of halogens is 2. The summed E-state index contributed by atoms with van der Waals surface area (Å²) in [4.78, 5) is 28.7. The van der Waals surface area contributed by atoms with Crippen molar-refractivity contribution >= 4 is 50.1 Å². The average Bonchev–Trinajstić information content (AvgIpc) is 2.89. The molecule has 0 saturated heterocycles. The van der Waals surface area contributed by atoms with Crippen LogP contribution in [0.15, 0.2) is 78.9 Å². The molecule has 0 fully saturated rings. The first-order valence-corrected chi connectivity index (χ1v) is 15.1. The monoisotopic (exact) mass is 651 g/mol. The van der Waals surface area contributed by atoms with Gasteiger partial charge in [0.25, 0.3) is 0 Å². The van der Waals surface area contributed by atoms with Gasteiger partial charge in [0.2, 0.25) is 21.8 Å². The van der Waals surface area contributed by atoms with Crippen molar-refractivity contribution in [1.82, 2.24) is 10.2 Å². The van der Waals surface area contributed by atoms with Crippen molar-refractivity contribution in [3.8, 4) is 0 Å². The molecule has 3 aromatic rings. The number of carbonyl (C=O) groups excluding carboxylic acids is 2. The molecule has 0 saturated carbocycles. The van der Waals surface area contributed by atoms with Crippen molar-refractivity contribution in [2.75, 3.05) is 23.7 Å². The summed E-state index contributed by atoms with van der Waals surface area (Å²) in [6.45, 7) is 1.87. The molecule has 0 aliphatic rings. The predicted molar refractivity (Wildman–Crippen MR) is 156 cm³/mol. The Morgan fingerprint density at radius 1 is 0.947 bits per heavy atom. The number of carbonyl (C=O) groups is 2. The predicted octanol–water partition coefficient (Wildman–Crippen LogP) is 4.36. The Labute approximate surface area is 237 Å². The molecule has 2 amide bonds. The van der Waals surface area contributed by atoms with Gasteiger partial charge in [-0.15, -0.1) is 0 Å². The average molecular weight is 652 g/mol. The van der Waals surface area contributed by atoms with Crippen LogP contribution in [0.5, 0.6) is 0 Å². The molecule has 0 aromatic heterocycles. The van der Waals surface area contributed by atoms with Crippen LogP contribution >= 0.6 is 22.6 Å². The fourth-order valence-corrected chi connectivity index (χ4v) is 5.14. The molecular weight excluding hydrogens is 620 g/mol. The summed E-state index contributed by atoms with van der Waals surface area (Å²) in [5.74, 6) is -1.31. The van der Waals surface area contributed by atoms with Crippen LogP contribution in [0.1, 0.15) is 24.5 Å². The van der Waals surface area contributed by atoms with Gasteiger partial charge in [0.15, 0.2) is 0 Å². The second kappa shape index (κ2) is 13.7. The number of sulfonamides is 1. The van der Waals surface area contributed by atoms with E-state index in [4.69, 9.17) is 0 Å². The number of benzene rings is 3. The molecule has 1 atom stereocenters. The quantitative estimate of drug-likeness (QED) is 0.295. The number of hydrogen-bond acceptors (Lipinski definition) is 4. The van der Waals surface area contributed by atoms with Gasteiger partial charge < -0.3 is 10.2 Å². The van der Waals surface area contributed by atoms with Crippen LogP contribution < -0.4 is 9.62 Å². The van der Waals surface area contributed by atoms with Gasteiger partial charge in [-0.1, -0.05) is 49.4 Å². The smallest absolute Gasteiger partial charge is 0.244 e. The lowest BCUT2D eigenvalue weighted by atomic mass is 10.0. The van der Waals surface area contributed by atoms with E-state index in [1.807, 2.05) is 37.3 Å². The maximum Gasteiger partial charge on any atom is 0.244 e. The van der Waals surface area contributed by atoms with Crippen LogP contribution in [-0.2, 0) is 32.6 Å². The lowest BCUT2D eigenvalue weighted by Gasteiger charge is -2.33. The zero-order valence-electron chi connectivity index (χ0n) is 21.3. The summed E-state index contributed by atoms with van der Waals surface area (Å²) in [6.07, 6.45) is 1.98. The summed E-state index contributed by atoms with van der Waals surface area (Å²) < 4.78 is 41.0. The van der Waals surface area contributed by atoms with Crippen LogP contribution in [0.2, 0.25) is 0 Å². The Kier molecular flexibility index (Phi) is 10.7. The van der Waals surface area contributed by atoms with Gasteiger partial charge in [0.1, 0.15) is 18.4 Å². The van der Waals surface area contributed by atoms with Crippen molar-refractivity contribution in [3.63, 3.8) is 0 Å². The molecule has 0 bridgehead atoms. The zero-order valence-corrected chi connectivity index (χ0v) is 24.3. The fourth-order valence-electron chi connectivity index (χ4n) is 3.93. The SMILES string of the molecule is CCCNC(=O)C(Cc1ccccc1)N(Cc1ccc(F)cc1)C(=O)CN(c1ccc(I)cc1)S(C)(=O)=O. The van der Waals surface area contributed by atoms with E-state index in [1.54, 1.807) is 36.4 Å². The second-order valence-electron chi connectivity index (χ2n) is 8.89. The maximum absolute atomic E-state index is 13.9. The highest BCUT2D eigenvalue weighted by Crippen LogP contribution is 2.21. The standard InChI is InChI=1S/C28H31FIN3O4S/c1-3-17-31-28(35)26(18-21-7-5-4-6-8-21)32(19-22-9-11-23(29)12-10-22)27(34)20-33(38(2,36)37)25-15-13-24(30)14-16-25/h4-16,26H,3,17-20H2,1-2H3,(H,31,35). The molecular formula is C28H31FIN3O4S. The van der Waals surface area contributed by atoms with Crippen LogP contribution in [0.4, 0.5) is 10.1 Å². The largest absolute Gasteiger partial charge is 0.354 e. The lowest BCUT2D eigenvalue weighted by molar-refractivity contribution is -0.140. The summed E-state index contributed by atoms with van der Waals surface area (Å²) in [6, 6.07) is 20.8. The van der Waals surface area contributed by atoms with Crippen molar-refractivity contribution in [2.24, 2.45) is 0 Å². The van der Waals surface area contributed by atoms with Gasteiger partial charge in [-0.05, 0) is 76.5 Å². The van der Waals surface area contributed by atoms with E-state index < -0.39 is 34.3 Å². The van der Waals surface area contributed by atoms with E-state index in [9.17, 15) is 22.4 Å².